The number of alkyl halides is 2. The van der Waals surface area contributed by atoms with Crippen LogP contribution >= 0.6 is 0 Å². The first-order valence-electron chi connectivity index (χ1n) is 8.91. The summed E-state index contributed by atoms with van der Waals surface area (Å²) < 4.78 is 61.4. The number of rotatable bonds is 8. The Morgan fingerprint density at radius 3 is 2.62 bits per heavy atom. The minimum absolute atomic E-state index is 0.0272. The average molecular weight is 426 g/mol. The molecule has 1 heterocycles. The zero-order valence-electron chi connectivity index (χ0n) is 15.3. The van der Waals surface area contributed by atoms with Gasteiger partial charge >= 0.3 is 6.61 Å². The predicted octanol–water partition coefficient (Wildman–Crippen LogP) is 3.00. The molecule has 1 saturated heterocycles. The van der Waals surface area contributed by atoms with Crippen LogP contribution in [0.3, 0.4) is 0 Å². The third kappa shape index (κ3) is 5.96. The smallest absolute Gasteiger partial charge is 0.387 e. The van der Waals surface area contributed by atoms with E-state index in [0.29, 0.717) is 6.61 Å². The van der Waals surface area contributed by atoms with E-state index in [1.165, 1.54) is 48.5 Å². The molecule has 1 aliphatic heterocycles. The van der Waals surface area contributed by atoms with Crippen molar-refractivity contribution in [3.05, 3.63) is 54.1 Å². The van der Waals surface area contributed by atoms with Crippen LogP contribution in [0.2, 0.25) is 0 Å². The van der Waals surface area contributed by atoms with E-state index in [2.05, 4.69) is 14.8 Å². The summed E-state index contributed by atoms with van der Waals surface area (Å²) in [5.74, 6) is -0.605. The van der Waals surface area contributed by atoms with Gasteiger partial charge in [0.25, 0.3) is 5.91 Å². The Kier molecular flexibility index (Phi) is 6.78. The fourth-order valence-electron chi connectivity index (χ4n) is 2.83. The monoisotopic (exact) mass is 426 g/mol. The van der Waals surface area contributed by atoms with Crippen molar-refractivity contribution in [3.8, 4) is 5.75 Å². The molecule has 0 spiro atoms. The van der Waals surface area contributed by atoms with Gasteiger partial charge in [-0.25, -0.2) is 13.1 Å². The van der Waals surface area contributed by atoms with Gasteiger partial charge in [0, 0.05) is 30.5 Å². The Morgan fingerprint density at radius 1 is 1.21 bits per heavy atom. The van der Waals surface area contributed by atoms with Crippen molar-refractivity contribution in [2.24, 2.45) is 0 Å². The summed E-state index contributed by atoms with van der Waals surface area (Å²) in [5.41, 5.74) is 0.478. The molecular weight excluding hydrogens is 406 g/mol. The van der Waals surface area contributed by atoms with Crippen LogP contribution in [0.1, 0.15) is 23.2 Å². The van der Waals surface area contributed by atoms with Gasteiger partial charge in [0.2, 0.25) is 10.0 Å². The molecule has 0 aliphatic carbocycles. The number of ether oxygens (including phenoxy) is 2. The summed E-state index contributed by atoms with van der Waals surface area (Å²) in [4.78, 5) is 12.4. The molecule has 2 aromatic rings. The molecule has 3 rings (SSSR count). The van der Waals surface area contributed by atoms with E-state index in [1.54, 1.807) is 0 Å². The van der Waals surface area contributed by atoms with Crippen LogP contribution in [0.5, 0.6) is 5.75 Å². The maximum absolute atomic E-state index is 12.3. The molecule has 1 amide bonds. The molecule has 7 nitrogen and oxygen atoms in total. The number of hydrogen-bond donors (Lipinski definition) is 2. The Morgan fingerprint density at radius 2 is 1.97 bits per heavy atom. The summed E-state index contributed by atoms with van der Waals surface area (Å²) in [6, 6.07) is 11.0. The molecular formula is C19H20F2N2O5S. The Balaban J connectivity index is 1.62. The standard InChI is InChI=1S/C19H20F2N2O5S/c20-19(21)28-15-4-1-3-14(11-15)23-18(24)13-6-8-17(9-7-13)29(25,26)22-12-16-5-2-10-27-16/h1,3-4,6-9,11,16,19,22H,2,5,10,12H2,(H,23,24). The maximum Gasteiger partial charge on any atom is 0.387 e. The van der Waals surface area contributed by atoms with Crippen molar-refractivity contribution in [3.63, 3.8) is 0 Å². The number of halogens is 2. The first-order chi connectivity index (χ1) is 13.8. The van der Waals surface area contributed by atoms with Gasteiger partial charge in [-0.1, -0.05) is 6.07 Å². The van der Waals surface area contributed by atoms with Gasteiger partial charge in [0.15, 0.2) is 0 Å². The molecule has 2 N–H and O–H groups in total. The summed E-state index contributed by atoms with van der Waals surface area (Å²) in [6.07, 6.45) is 1.60. The highest BCUT2D eigenvalue weighted by Crippen LogP contribution is 2.20. The molecule has 10 heteroatoms. The highest BCUT2D eigenvalue weighted by atomic mass is 32.2. The first-order valence-corrected chi connectivity index (χ1v) is 10.4. The van der Waals surface area contributed by atoms with Crippen LogP contribution in [-0.2, 0) is 14.8 Å². The highest BCUT2D eigenvalue weighted by molar-refractivity contribution is 7.89. The third-order valence-electron chi connectivity index (χ3n) is 4.27. The fourth-order valence-corrected chi connectivity index (χ4v) is 3.90. The molecule has 1 atom stereocenters. The summed E-state index contributed by atoms with van der Waals surface area (Å²) in [7, 11) is -3.72. The van der Waals surface area contributed by atoms with E-state index in [4.69, 9.17) is 4.74 Å². The van der Waals surface area contributed by atoms with Gasteiger partial charge in [0.1, 0.15) is 5.75 Å². The molecule has 0 radical (unpaired) electrons. The SMILES string of the molecule is O=C(Nc1cccc(OC(F)F)c1)c1ccc(S(=O)(=O)NCC2CCCO2)cc1. The van der Waals surface area contributed by atoms with Crippen LogP contribution in [-0.4, -0.2) is 40.2 Å². The zero-order valence-corrected chi connectivity index (χ0v) is 16.1. The van der Waals surface area contributed by atoms with Gasteiger partial charge in [-0.15, -0.1) is 0 Å². The van der Waals surface area contributed by atoms with E-state index < -0.39 is 22.5 Å². The number of benzene rings is 2. The molecule has 2 aromatic carbocycles. The van der Waals surface area contributed by atoms with Gasteiger partial charge in [-0.05, 0) is 49.2 Å². The second-order valence-corrected chi connectivity index (χ2v) is 8.14. The maximum atomic E-state index is 12.3. The van der Waals surface area contributed by atoms with Gasteiger partial charge in [-0.3, -0.25) is 4.79 Å². The summed E-state index contributed by atoms with van der Waals surface area (Å²) >= 11 is 0. The fraction of sp³-hybridized carbons (Fsp3) is 0.316. The average Bonchev–Trinajstić information content (AvgIpc) is 3.20. The number of nitrogens with one attached hydrogen (secondary N) is 2. The lowest BCUT2D eigenvalue weighted by Gasteiger charge is -2.12. The van der Waals surface area contributed by atoms with E-state index in [0.717, 1.165) is 12.8 Å². The predicted molar refractivity (Wildman–Crippen MR) is 102 cm³/mol. The van der Waals surface area contributed by atoms with Crippen LogP contribution in [0.4, 0.5) is 14.5 Å². The minimum atomic E-state index is -3.72. The topological polar surface area (TPSA) is 93.7 Å². The largest absolute Gasteiger partial charge is 0.435 e. The number of hydrogen-bond acceptors (Lipinski definition) is 5. The van der Waals surface area contributed by atoms with Crippen molar-refractivity contribution >= 4 is 21.6 Å². The van der Waals surface area contributed by atoms with E-state index in [1.807, 2.05) is 0 Å². The van der Waals surface area contributed by atoms with Gasteiger partial charge in [-0.2, -0.15) is 8.78 Å². The number of carbonyl (C=O) groups excluding carboxylic acids is 1. The van der Waals surface area contributed by atoms with E-state index >= 15 is 0 Å². The number of amides is 1. The molecule has 0 saturated carbocycles. The molecule has 0 bridgehead atoms. The van der Waals surface area contributed by atoms with Crippen molar-refractivity contribution < 1.29 is 31.5 Å². The normalized spacial score (nSPS) is 16.7. The molecule has 29 heavy (non-hydrogen) atoms. The van der Waals surface area contributed by atoms with Crippen LogP contribution in [0.25, 0.3) is 0 Å². The lowest BCUT2D eigenvalue weighted by atomic mass is 10.2. The van der Waals surface area contributed by atoms with E-state index in [9.17, 15) is 22.0 Å². The second-order valence-electron chi connectivity index (χ2n) is 6.37. The van der Waals surface area contributed by atoms with Crippen molar-refractivity contribution in [1.29, 1.82) is 0 Å². The quantitative estimate of drug-likeness (QED) is 0.677. The summed E-state index contributed by atoms with van der Waals surface area (Å²) in [6.45, 7) is -2.14. The van der Waals surface area contributed by atoms with Crippen molar-refractivity contribution in [1.82, 2.24) is 4.72 Å². The molecule has 0 aromatic heterocycles. The van der Waals surface area contributed by atoms with Crippen molar-refractivity contribution in [2.75, 3.05) is 18.5 Å². The molecule has 1 unspecified atom stereocenters. The van der Waals surface area contributed by atoms with E-state index in [-0.39, 0.29) is 34.5 Å². The van der Waals surface area contributed by atoms with Crippen LogP contribution in [0, 0.1) is 0 Å². The molecule has 156 valence electrons. The van der Waals surface area contributed by atoms with Crippen LogP contribution in [0.15, 0.2) is 53.4 Å². The lowest BCUT2D eigenvalue weighted by Crippen LogP contribution is -2.31. The zero-order chi connectivity index (χ0) is 20.9. The van der Waals surface area contributed by atoms with Gasteiger partial charge in [0.05, 0.1) is 11.0 Å². The number of anilines is 1. The van der Waals surface area contributed by atoms with Crippen LogP contribution < -0.4 is 14.8 Å². The minimum Gasteiger partial charge on any atom is -0.435 e. The Labute approximate surface area is 167 Å². The van der Waals surface area contributed by atoms with Gasteiger partial charge < -0.3 is 14.8 Å². The number of carbonyl (C=O) groups is 1. The Bertz CT molecular complexity index is 945. The molecule has 1 fully saturated rings. The summed E-state index contributed by atoms with van der Waals surface area (Å²) in [5, 5.41) is 2.55. The first kappa shape index (κ1) is 21.2. The van der Waals surface area contributed by atoms with Crippen molar-refractivity contribution in [2.45, 2.75) is 30.5 Å². The Hall–Kier alpha value is -2.56. The lowest BCUT2D eigenvalue weighted by molar-refractivity contribution is -0.0498. The highest BCUT2D eigenvalue weighted by Gasteiger charge is 2.20. The molecule has 1 aliphatic rings. The second kappa shape index (κ2) is 9.29. The third-order valence-corrected chi connectivity index (χ3v) is 5.71. The number of sulfonamides is 1.